The first-order valence-corrected chi connectivity index (χ1v) is 7.98. The van der Waals surface area contributed by atoms with Crippen molar-refractivity contribution in [1.29, 1.82) is 5.26 Å². The Labute approximate surface area is 118 Å². The molecule has 0 spiro atoms. The van der Waals surface area contributed by atoms with E-state index < -0.39 is 0 Å². The van der Waals surface area contributed by atoms with Crippen LogP contribution in [0.25, 0.3) is 0 Å². The molecule has 19 heavy (non-hydrogen) atoms. The summed E-state index contributed by atoms with van der Waals surface area (Å²) in [6, 6.07) is 2.64. The summed E-state index contributed by atoms with van der Waals surface area (Å²) < 4.78 is 0. The normalized spacial score (nSPS) is 31.7. The molecule has 1 N–H and O–H groups in total. The van der Waals surface area contributed by atoms with Gasteiger partial charge in [-0.2, -0.15) is 5.26 Å². The molecule has 1 saturated heterocycles. The van der Waals surface area contributed by atoms with Crippen molar-refractivity contribution in [1.82, 2.24) is 10.2 Å². The van der Waals surface area contributed by atoms with Gasteiger partial charge in [-0.3, -0.25) is 10.2 Å². The lowest BCUT2D eigenvalue weighted by molar-refractivity contribution is 0.109. The average Bonchev–Trinajstić information content (AvgIpc) is 3.18. The van der Waals surface area contributed by atoms with Gasteiger partial charge in [0.2, 0.25) is 0 Å². The molecule has 0 radical (unpaired) electrons. The number of nitriles is 1. The third-order valence-electron chi connectivity index (χ3n) is 4.58. The highest BCUT2D eigenvalue weighted by atomic mass is 15.2. The summed E-state index contributed by atoms with van der Waals surface area (Å²) in [7, 11) is 0. The van der Waals surface area contributed by atoms with E-state index >= 15 is 0 Å². The standard InChI is InChI=1S/C16H29N3/c1-4-7-18-16(11-17,15-5-6-15)12-19-9-13(2)8-14(3)10-19/h13-15,18H,4-10,12H2,1-3H3. The van der Waals surface area contributed by atoms with E-state index in [1.807, 2.05) is 0 Å². The molecule has 1 aliphatic heterocycles. The minimum absolute atomic E-state index is 0.285. The van der Waals surface area contributed by atoms with Gasteiger partial charge in [-0.05, 0) is 50.0 Å². The minimum atomic E-state index is -0.285. The fraction of sp³-hybridized carbons (Fsp3) is 0.938. The number of hydrogen-bond donors (Lipinski definition) is 1. The van der Waals surface area contributed by atoms with Gasteiger partial charge in [-0.25, -0.2) is 0 Å². The van der Waals surface area contributed by atoms with E-state index in [1.165, 1.54) is 19.3 Å². The molecule has 0 aromatic heterocycles. The molecule has 1 heterocycles. The smallest absolute Gasteiger partial charge is 0.122 e. The van der Waals surface area contributed by atoms with Crippen LogP contribution in [0.3, 0.4) is 0 Å². The Balaban J connectivity index is 2.01. The third-order valence-corrected chi connectivity index (χ3v) is 4.58. The molecule has 2 rings (SSSR count). The number of piperidine rings is 1. The summed E-state index contributed by atoms with van der Waals surface area (Å²) in [5, 5.41) is 13.3. The molecule has 1 aliphatic carbocycles. The molecule has 2 fully saturated rings. The van der Waals surface area contributed by atoms with E-state index in [1.54, 1.807) is 0 Å². The molecule has 1 saturated carbocycles. The minimum Gasteiger partial charge on any atom is -0.300 e. The third kappa shape index (κ3) is 3.70. The van der Waals surface area contributed by atoms with Crippen molar-refractivity contribution < 1.29 is 0 Å². The predicted molar refractivity (Wildman–Crippen MR) is 78.7 cm³/mol. The van der Waals surface area contributed by atoms with Crippen LogP contribution in [0.15, 0.2) is 0 Å². The van der Waals surface area contributed by atoms with Crippen LogP contribution in [0, 0.1) is 29.1 Å². The Bertz CT molecular complexity index is 321. The van der Waals surface area contributed by atoms with E-state index in [4.69, 9.17) is 0 Å². The van der Waals surface area contributed by atoms with Crippen molar-refractivity contribution in [2.24, 2.45) is 17.8 Å². The lowest BCUT2D eigenvalue weighted by atomic mass is 9.88. The highest BCUT2D eigenvalue weighted by Crippen LogP contribution is 2.40. The van der Waals surface area contributed by atoms with Crippen molar-refractivity contribution in [3.05, 3.63) is 0 Å². The molecular weight excluding hydrogens is 234 g/mol. The van der Waals surface area contributed by atoms with Crippen molar-refractivity contribution in [2.45, 2.75) is 52.0 Å². The van der Waals surface area contributed by atoms with Gasteiger partial charge in [-0.15, -0.1) is 0 Å². The molecule has 0 amide bonds. The largest absolute Gasteiger partial charge is 0.300 e. The first-order chi connectivity index (χ1) is 9.09. The highest BCUT2D eigenvalue weighted by molar-refractivity contribution is 5.17. The maximum absolute atomic E-state index is 9.74. The Morgan fingerprint density at radius 2 is 1.89 bits per heavy atom. The number of likely N-dealkylation sites (tertiary alicyclic amines) is 1. The van der Waals surface area contributed by atoms with Crippen LogP contribution in [0.5, 0.6) is 0 Å². The lowest BCUT2D eigenvalue weighted by Crippen LogP contribution is -2.56. The second kappa shape index (κ2) is 6.24. The molecule has 108 valence electrons. The van der Waals surface area contributed by atoms with Crippen LogP contribution in [-0.2, 0) is 0 Å². The van der Waals surface area contributed by atoms with Crippen LogP contribution in [0.4, 0.5) is 0 Å². The van der Waals surface area contributed by atoms with Gasteiger partial charge in [0.15, 0.2) is 0 Å². The van der Waals surface area contributed by atoms with Gasteiger partial charge >= 0.3 is 0 Å². The molecular formula is C16H29N3. The molecule has 0 aromatic carbocycles. The number of nitrogens with one attached hydrogen (secondary N) is 1. The molecule has 3 nitrogen and oxygen atoms in total. The van der Waals surface area contributed by atoms with E-state index in [-0.39, 0.29) is 5.54 Å². The van der Waals surface area contributed by atoms with E-state index in [0.29, 0.717) is 5.92 Å². The fourth-order valence-corrected chi connectivity index (χ4v) is 3.69. The molecule has 3 unspecified atom stereocenters. The van der Waals surface area contributed by atoms with Gasteiger partial charge in [0, 0.05) is 19.6 Å². The van der Waals surface area contributed by atoms with Crippen LogP contribution in [0.2, 0.25) is 0 Å². The lowest BCUT2D eigenvalue weighted by Gasteiger charge is -2.40. The summed E-state index contributed by atoms with van der Waals surface area (Å²) in [4.78, 5) is 2.53. The number of hydrogen-bond acceptors (Lipinski definition) is 3. The van der Waals surface area contributed by atoms with Gasteiger partial charge < -0.3 is 0 Å². The molecule has 3 heteroatoms. The summed E-state index contributed by atoms with van der Waals surface area (Å²) in [6.07, 6.45) is 4.89. The van der Waals surface area contributed by atoms with Crippen molar-refractivity contribution in [3.8, 4) is 6.07 Å². The predicted octanol–water partition coefficient (Wildman–Crippen LogP) is 2.64. The van der Waals surface area contributed by atoms with E-state index in [2.05, 4.69) is 37.1 Å². The summed E-state index contributed by atoms with van der Waals surface area (Å²) in [6.45, 7) is 11.1. The van der Waals surface area contributed by atoms with Gasteiger partial charge in [0.1, 0.15) is 5.54 Å². The van der Waals surface area contributed by atoms with Crippen LogP contribution < -0.4 is 5.32 Å². The SMILES string of the molecule is CCCNC(C#N)(CN1CC(C)CC(C)C1)C1CC1. The fourth-order valence-electron chi connectivity index (χ4n) is 3.69. The Morgan fingerprint density at radius 1 is 1.26 bits per heavy atom. The van der Waals surface area contributed by atoms with Crippen LogP contribution in [-0.4, -0.2) is 36.6 Å². The zero-order chi connectivity index (χ0) is 13.9. The second-order valence-corrected chi connectivity index (χ2v) is 6.92. The van der Waals surface area contributed by atoms with E-state index in [0.717, 1.165) is 44.4 Å². The second-order valence-electron chi connectivity index (χ2n) is 6.92. The van der Waals surface area contributed by atoms with Crippen LogP contribution >= 0.6 is 0 Å². The summed E-state index contributed by atoms with van der Waals surface area (Å²) in [5.41, 5.74) is -0.285. The van der Waals surface area contributed by atoms with Crippen molar-refractivity contribution >= 4 is 0 Å². The zero-order valence-corrected chi connectivity index (χ0v) is 12.8. The average molecular weight is 263 g/mol. The van der Waals surface area contributed by atoms with Gasteiger partial charge in [0.25, 0.3) is 0 Å². The van der Waals surface area contributed by atoms with Gasteiger partial charge in [0.05, 0.1) is 6.07 Å². The number of nitrogens with zero attached hydrogens (tertiary/aromatic N) is 2. The number of rotatable bonds is 6. The Morgan fingerprint density at radius 3 is 2.37 bits per heavy atom. The summed E-state index contributed by atoms with van der Waals surface area (Å²) >= 11 is 0. The quantitative estimate of drug-likeness (QED) is 0.800. The first kappa shape index (κ1) is 14.8. The monoisotopic (exact) mass is 263 g/mol. The first-order valence-electron chi connectivity index (χ1n) is 7.98. The Kier molecular flexibility index (Phi) is 4.86. The Hall–Kier alpha value is -0.590. The molecule has 2 aliphatic rings. The zero-order valence-electron chi connectivity index (χ0n) is 12.8. The highest BCUT2D eigenvalue weighted by Gasteiger charge is 2.46. The van der Waals surface area contributed by atoms with Crippen molar-refractivity contribution in [3.63, 3.8) is 0 Å². The maximum Gasteiger partial charge on any atom is 0.122 e. The van der Waals surface area contributed by atoms with E-state index in [9.17, 15) is 5.26 Å². The molecule has 3 atom stereocenters. The summed E-state index contributed by atoms with van der Waals surface area (Å²) in [5.74, 6) is 2.12. The molecule has 0 bridgehead atoms. The molecule has 0 aromatic rings. The van der Waals surface area contributed by atoms with Crippen molar-refractivity contribution in [2.75, 3.05) is 26.2 Å². The maximum atomic E-state index is 9.74. The van der Waals surface area contributed by atoms with Gasteiger partial charge in [-0.1, -0.05) is 20.8 Å². The topological polar surface area (TPSA) is 39.1 Å². The van der Waals surface area contributed by atoms with Crippen LogP contribution in [0.1, 0.15) is 46.5 Å².